The van der Waals surface area contributed by atoms with E-state index in [4.69, 9.17) is 5.73 Å². The first kappa shape index (κ1) is 9.83. The van der Waals surface area contributed by atoms with Crippen molar-refractivity contribution < 1.29 is 17.6 Å². The highest BCUT2D eigenvalue weighted by molar-refractivity contribution is 5.51. The smallest absolute Gasteiger partial charge is 0.398 e. The summed E-state index contributed by atoms with van der Waals surface area (Å²) < 4.78 is 49.3. The van der Waals surface area contributed by atoms with E-state index in [-0.39, 0.29) is 11.3 Å². The molecule has 0 aliphatic rings. The van der Waals surface area contributed by atoms with Crippen molar-refractivity contribution in [2.24, 2.45) is 0 Å². The molecular weight excluding hydrogens is 186 g/mol. The average Bonchev–Trinajstić information content (AvgIpc) is 1.95. The molecule has 1 aromatic rings. The van der Waals surface area contributed by atoms with Crippen molar-refractivity contribution in [1.29, 1.82) is 0 Å². The lowest BCUT2D eigenvalue weighted by molar-refractivity contribution is -0.140. The van der Waals surface area contributed by atoms with Crippen molar-refractivity contribution >= 4 is 5.69 Å². The van der Waals surface area contributed by atoms with Gasteiger partial charge in [-0.15, -0.1) is 0 Å². The van der Waals surface area contributed by atoms with Crippen LogP contribution in [0.25, 0.3) is 0 Å². The van der Waals surface area contributed by atoms with Crippen LogP contribution in [0.3, 0.4) is 0 Å². The van der Waals surface area contributed by atoms with Crippen LogP contribution in [0.5, 0.6) is 0 Å². The first-order valence-electron chi connectivity index (χ1n) is 3.46. The summed E-state index contributed by atoms with van der Waals surface area (Å²) in [5.74, 6) is -1.29. The van der Waals surface area contributed by atoms with Gasteiger partial charge in [0.2, 0.25) is 0 Å². The molecule has 0 atom stereocenters. The molecular formula is C8H7F4N. The van der Waals surface area contributed by atoms with Crippen molar-refractivity contribution in [3.8, 4) is 0 Å². The highest BCUT2D eigenvalue weighted by Gasteiger charge is 2.36. The minimum Gasteiger partial charge on any atom is -0.398 e. The molecule has 0 bridgehead atoms. The summed E-state index contributed by atoms with van der Waals surface area (Å²) in [5.41, 5.74) is 3.60. The second kappa shape index (κ2) is 2.90. The predicted molar refractivity (Wildman–Crippen MR) is 40.6 cm³/mol. The number of hydrogen-bond acceptors (Lipinski definition) is 1. The quantitative estimate of drug-likeness (QED) is 0.497. The van der Waals surface area contributed by atoms with Crippen LogP contribution in [0.1, 0.15) is 11.1 Å². The van der Waals surface area contributed by atoms with E-state index in [1.165, 1.54) is 0 Å². The van der Waals surface area contributed by atoms with E-state index in [2.05, 4.69) is 0 Å². The van der Waals surface area contributed by atoms with Gasteiger partial charge in [0.1, 0.15) is 5.82 Å². The van der Waals surface area contributed by atoms with Crippen LogP contribution in [0.4, 0.5) is 23.2 Å². The molecule has 1 rings (SSSR count). The topological polar surface area (TPSA) is 26.0 Å². The number of nitrogens with two attached hydrogens (primary N) is 1. The number of hydrogen-bond donors (Lipinski definition) is 1. The van der Waals surface area contributed by atoms with Gasteiger partial charge in [-0.3, -0.25) is 0 Å². The lowest BCUT2D eigenvalue weighted by Crippen LogP contribution is -2.12. The van der Waals surface area contributed by atoms with Crippen LogP contribution < -0.4 is 5.73 Å². The van der Waals surface area contributed by atoms with Gasteiger partial charge in [-0.25, -0.2) is 4.39 Å². The number of halogens is 4. The number of alkyl halides is 3. The van der Waals surface area contributed by atoms with Crippen molar-refractivity contribution in [2.75, 3.05) is 5.73 Å². The Balaban J connectivity index is 3.43. The molecule has 0 unspecified atom stereocenters. The molecule has 0 saturated heterocycles. The number of rotatable bonds is 0. The van der Waals surface area contributed by atoms with Gasteiger partial charge in [0.05, 0.1) is 5.56 Å². The van der Waals surface area contributed by atoms with Gasteiger partial charge in [-0.2, -0.15) is 13.2 Å². The fourth-order valence-electron chi connectivity index (χ4n) is 1.04. The molecule has 5 heteroatoms. The van der Waals surface area contributed by atoms with Gasteiger partial charge < -0.3 is 5.73 Å². The molecule has 1 nitrogen and oxygen atoms in total. The van der Waals surface area contributed by atoms with E-state index < -0.39 is 17.6 Å². The molecule has 1 aromatic carbocycles. The summed E-state index contributed by atoms with van der Waals surface area (Å²) in [6, 6.07) is 1.82. The van der Waals surface area contributed by atoms with Gasteiger partial charge in [0.15, 0.2) is 0 Å². The lowest BCUT2D eigenvalue weighted by atomic mass is 10.1. The lowest BCUT2D eigenvalue weighted by Gasteiger charge is -2.12. The van der Waals surface area contributed by atoms with Gasteiger partial charge in [-0.1, -0.05) is 0 Å². The molecule has 0 fully saturated rings. The van der Waals surface area contributed by atoms with Crippen molar-refractivity contribution in [3.63, 3.8) is 0 Å². The molecule has 0 radical (unpaired) electrons. The Morgan fingerprint density at radius 1 is 1.23 bits per heavy atom. The van der Waals surface area contributed by atoms with Crippen LogP contribution in [-0.4, -0.2) is 0 Å². The molecule has 0 aliphatic carbocycles. The van der Waals surface area contributed by atoms with Crippen LogP contribution in [0.15, 0.2) is 12.1 Å². The summed E-state index contributed by atoms with van der Waals surface area (Å²) in [6.45, 7) is 1.14. The number of nitrogen functional groups attached to an aromatic ring is 1. The summed E-state index contributed by atoms with van der Waals surface area (Å²) in [7, 11) is 0. The van der Waals surface area contributed by atoms with Crippen LogP contribution in [0, 0.1) is 12.7 Å². The minimum absolute atomic E-state index is 0.0614. The maximum atomic E-state index is 12.8. The molecule has 2 N–H and O–H groups in total. The Hall–Kier alpha value is -1.26. The zero-order valence-electron chi connectivity index (χ0n) is 6.74. The largest absolute Gasteiger partial charge is 0.419 e. The molecule has 72 valence electrons. The maximum Gasteiger partial charge on any atom is 0.419 e. The summed E-state index contributed by atoms with van der Waals surface area (Å²) >= 11 is 0. The van der Waals surface area contributed by atoms with Gasteiger partial charge in [-0.05, 0) is 24.6 Å². The highest BCUT2D eigenvalue weighted by Crippen LogP contribution is 2.35. The minimum atomic E-state index is -4.69. The van der Waals surface area contributed by atoms with Crippen LogP contribution in [-0.2, 0) is 6.18 Å². The van der Waals surface area contributed by atoms with Crippen molar-refractivity contribution in [2.45, 2.75) is 13.1 Å². The standard InChI is InChI=1S/C8H7F4N/c1-4-6(13)3-2-5(9)7(4)8(10,11)12/h2-3H,13H2,1H3. The Bertz CT molecular complexity index is 330. The Kier molecular flexibility index (Phi) is 2.19. The average molecular weight is 193 g/mol. The fraction of sp³-hybridized carbons (Fsp3) is 0.250. The number of anilines is 1. The Morgan fingerprint density at radius 3 is 2.15 bits per heavy atom. The Labute approximate surface area is 72.2 Å². The normalized spacial score (nSPS) is 11.8. The summed E-state index contributed by atoms with van der Waals surface area (Å²) in [4.78, 5) is 0. The zero-order valence-corrected chi connectivity index (χ0v) is 6.74. The molecule has 0 aromatic heterocycles. The summed E-state index contributed by atoms with van der Waals surface area (Å²) in [5, 5.41) is 0. The third-order valence-corrected chi connectivity index (χ3v) is 1.74. The second-order valence-electron chi connectivity index (χ2n) is 2.63. The monoisotopic (exact) mass is 193 g/mol. The third-order valence-electron chi connectivity index (χ3n) is 1.74. The highest BCUT2D eigenvalue weighted by atomic mass is 19.4. The van der Waals surface area contributed by atoms with E-state index in [1.807, 2.05) is 0 Å². The first-order chi connectivity index (χ1) is 5.84. The summed E-state index contributed by atoms with van der Waals surface area (Å²) in [6.07, 6.45) is -4.69. The molecule has 0 amide bonds. The molecule has 0 spiro atoms. The molecule has 0 heterocycles. The predicted octanol–water partition coefficient (Wildman–Crippen LogP) is 2.74. The van der Waals surface area contributed by atoms with E-state index in [0.717, 1.165) is 13.0 Å². The van der Waals surface area contributed by atoms with Crippen molar-refractivity contribution in [3.05, 3.63) is 29.1 Å². The second-order valence-corrected chi connectivity index (χ2v) is 2.63. The molecule has 13 heavy (non-hydrogen) atoms. The van der Waals surface area contributed by atoms with E-state index in [1.54, 1.807) is 0 Å². The Morgan fingerprint density at radius 2 is 1.77 bits per heavy atom. The third kappa shape index (κ3) is 1.74. The molecule has 0 aliphatic heterocycles. The zero-order chi connectivity index (χ0) is 10.2. The molecule has 0 saturated carbocycles. The first-order valence-corrected chi connectivity index (χ1v) is 3.46. The maximum absolute atomic E-state index is 12.8. The van der Waals surface area contributed by atoms with Crippen molar-refractivity contribution in [1.82, 2.24) is 0 Å². The van der Waals surface area contributed by atoms with E-state index in [9.17, 15) is 17.6 Å². The van der Waals surface area contributed by atoms with Crippen LogP contribution >= 0.6 is 0 Å². The van der Waals surface area contributed by atoms with E-state index in [0.29, 0.717) is 6.07 Å². The fourth-order valence-corrected chi connectivity index (χ4v) is 1.04. The SMILES string of the molecule is Cc1c(N)ccc(F)c1C(F)(F)F. The van der Waals surface area contributed by atoms with Gasteiger partial charge >= 0.3 is 6.18 Å². The van der Waals surface area contributed by atoms with Gasteiger partial charge in [0.25, 0.3) is 0 Å². The van der Waals surface area contributed by atoms with Gasteiger partial charge in [0, 0.05) is 5.69 Å². The van der Waals surface area contributed by atoms with Crippen LogP contribution in [0.2, 0.25) is 0 Å². The number of benzene rings is 1. The van der Waals surface area contributed by atoms with E-state index >= 15 is 0 Å².